The molecule has 0 radical (unpaired) electrons. The Labute approximate surface area is 130 Å². The molecule has 0 saturated heterocycles. The number of methoxy groups -OCH3 is 1. The first-order valence-corrected chi connectivity index (χ1v) is 7.38. The van der Waals surface area contributed by atoms with Crippen LogP contribution in [0.2, 0.25) is 5.02 Å². The molecule has 0 fully saturated rings. The third-order valence-electron chi connectivity index (χ3n) is 3.59. The Hall–Kier alpha value is -1.55. The smallest absolute Gasteiger partial charge is 0.130 e. The highest BCUT2D eigenvalue weighted by molar-refractivity contribution is 6.30. The summed E-state index contributed by atoms with van der Waals surface area (Å²) in [5, 5.41) is 13.1. The summed E-state index contributed by atoms with van der Waals surface area (Å²) >= 11 is 6.03. The largest absolute Gasteiger partial charge is 0.496 e. The van der Waals surface area contributed by atoms with E-state index in [2.05, 4.69) is 5.32 Å². The number of aliphatic hydroxyl groups excluding tert-OH is 1. The van der Waals surface area contributed by atoms with E-state index in [1.165, 1.54) is 0 Å². The van der Waals surface area contributed by atoms with Crippen molar-refractivity contribution >= 4 is 11.6 Å². The first-order chi connectivity index (χ1) is 10.1. The lowest BCUT2D eigenvalue weighted by molar-refractivity contribution is -0.709. The Bertz CT molecular complexity index is 574. The molecule has 0 saturated carbocycles. The van der Waals surface area contributed by atoms with Gasteiger partial charge in [-0.15, -0.1) is 0 Å². The lowest BCUT2D eigenvalue weighted by atomic mass is 10.0. The molecule has 112 valence electrons. The summed E-state index contributed by atoms with van der Waals surface area (Å²) in [4.78, 5) is 0. The van der Waals surface area contributed by atoms with Gasteiger partial charge in [-0.05, 0) is 30.7 Å². The molecule has 0 bridgehead atoms. The molecule has 0 aliphatic rings. The highest BCUT2D eigenvalue weighted by Gasteiger charge is 2.19. The molecule has 0 heterocycles. The summed E-state index contributed by atoms with van der Waals surface area (Å²) in [6, 6.07) is 15.3. The molecular weight excluding hydrogens is 286 g/mol. The Morgan fingerprint density at radius 2 is 1.90 bits per heavy atom. The second kappa shape index (κ2) is 7.46. The molecule has 2 atom stereocenters. The fraction of sp³-hybridized carbons (Fsp3) is 0.294. The number of hydrogen-bond donors (Lipinski definition) is 2. The van der Waals surface area contributed by atoms with Gasteiger partial charge in [-0.2, -0.15) is 0 Å². The zero-order chi connectivity index (χ0) is 15.2. The molecule has 21 heavy (non-hydrogen) atoms. The average molecular weight is 307 g/mol. The predicted molar refractivity (Wildman–Crippen MR) is 84.5 cm³/mol. The van der Waals surface area contributed by atoms with Gasteiger partial charge in [-0.25, -0.2) is 0 Å². The van der Waals surface area contributed by atoms with E-state index in [0.29, 0.717) is 11.6 Å². The highest BCUT2D eigenvalue weighted by Crippen LogP contribution is 2.22. The SMILES string of the molecule is COc1ccc(Cl)cc1C[NH2+][C@H](C)[C@H](O)c1ccccc1. The normalized spacial score (nSPS) is 13.7. The van der Waals surface area contributed by atoms with E-state index in [-0.39, 0.29) is 6.04 Å². The van der Waals surface area contributed by atoms with Gasteiger partial charge in [0, 0.05) is 10.6 Å². The lowest BCUT2D eigenvalue weighted by Gasteiger charge is -2.18. The summed E-state index contributed by atoms with van der Waals surface area (Å²) in [7, 11) is 1.65. The van der Waals surface area contributed by atoms with Crippen molar-refractivity contribution in [3.63, 3.8) is 0 Å². The predicted octanol–water partition coefficient (Wildman–Crippen LogP) is 2.53. The van der Waals surface area contributed by atoms with Gasteiger partial charge < -0.3 is 15.2 Å². The number of nitrogens with two attached hydrogens (primary N) is 1. The van der Waals surface area contributed by atoms with Crippen molar-refractivity contribution in [2.45, 2.75) is 25.6 Å². The van der Waals surface area contributed by atoms with Crippen molar-refractivity contribution in [1.29, 1.82) is 0 Å². The van der Waals surface area contributed by atoms with Crippen molar-refractivity contribution in [1.82, 2.24) is 0 Å². The van der Waals surface area contributed by atoms with Gasteiger partial charge in [-0.3, -0.25) is 0 Å². The van der Waals surface area contributed by atoms with E-state index in [9.17, 15) is 5.11 Å². The van der Waals surface area contributed by atoms with E-state index in [1.54, 1.807) is 7.11 Å². The molecule has 3 nitrogen and oxygen atoms in total. The van der Waals surface area contributed by atoms with Crippen LogP contribution in [0, 0.1) is 0 Å². The molecule has 0 aliphatic heterocycles. The molecule has 0 amide bonds. The van der Waals surface area contributed by atoms with Crippen molar-refractivity contribution in [3.05, 3.63) is 64.7 Å². The van der Waals surface area contributed by atoms with Gasteiger partial charge in [-0.1, -0.05) is 41.9 Å². The summed E-state index contributed by atoms with van der Waals surface area (Å²) in [5.41, 5.74) is 1.96. The van der Waals surface area contributed by atoms with Crippen molar-refractivity contribution in [2.75, 3.05) is 7.11 Å². The number of quaternary nitrogens is 1. The zero-order valence-corrected chi connectivity index (χ0v) is 13.0. The second-order valence-corrected chi connectivity index (χ2v) is 5.55. The number of rotatable bonds is 6. The molecule has 2 aromatic carbocycles. The van der Waals surface area contributed by atoms with E-state index in [0.717, 1.165) is 16.9 Å². The molecule has 2 aromatic rings. The van der Waals surface area contributed by atoms with Crippen LogP contribution in [0.4, 0.5) is 0 Å². The number of halogens is 1. The Balaban J connectivity index is 2.01. The summed E-state index contributed by atoms with van der Waals surface area (Å²) in [5.74, 6) is 0.817. The second-order valence-electron chi connectivity index (χ2n) is 5.11. The van der Waals surface area contributed by atoms with Crippen LogP contribution in [-0.4, -0.2) is 18.3 Å². The van der Waals surface area contributed by atoms with Crippen LogP contribution < -0.4 is 10.1 Å². The van der Waals surface area contributed by atoms with Crippen LogP contribution in [0.5, 0.6) is 5.75 Å². The van der Waals surface area contributed by atoms with E-state index < -0.39 is 6.10 Å². The topological polar surface area (TPSA) is 46.1 Å². The third kappa shape index (κ3) is 4.21. The third-order valence-corrected chi connectivity index (χ3v) is 3.83. The fourth-order valence-corrected chi connectivity index (χ4v) is 2.50. The first-order valence-electron chi connectivity index (χ1n) is 7.00. The maximum atomic E-state index is 10.4. The molecular formula is C17H21ClNO2+. The van der Waals surface area contributed by atoms with Gasteiger partial charge in [0.25, 0.3) is 0 Å². The molecule has 2 rings (SSSR count). The van der Waals surface area contributed by atoms with Crippen LogP contribution in [0.25, 0.3) is 0 Å². The number of aliphatic hydroxyl groups is 1. The van der Waals surface area contributed by atoms with Gasteiger partial charge in [0.2, 0.25) is 0 Å². The Morgan fingerprint density at radius 3 is 2.57 bits per heavy atom. The maximum absolute atomic E-state index is 10.4. The van der Waals surface area contributed by atoms with E-state index in [4.69, 9.17) is 16.3 Å². The van der Waals surface area contributed by atoms with Crippen molar-refractivity contribution in [2.24, 2.45) is 0 Å². The minimum Gasteiger partial charge on any atom is -0.496 e. The number of ether oxygens (including phenoxy) is 1. The number of benzene rings is 2. The molecule has 0 unspecified atom stereocenters. The maximum Gasteiger partial charge on any atom is 0.130 e. The molecule has 3 N–H and O–H groups in total. The van der Waals surface area contributed by atoms with Crippen LogP contribution in [-0.2, 0) is 6.54 Å². The standard InChI is InChI=1S/C17H20ClNO2/c1-12(17(20)13-6-4-3-5-7-13)19-11-14-10-15(18)8-9-16(14)21-2/h3-10,12,17,19-20H,11H2,1-2H3/p+1/t12-,17+/m1/s1. The average Bonchev–Trinajstić information content (AvgIpc) is 2.52. The minimum atomic E-state index is -0.503. The molecule has 0 aliphatic carbocycles. The summed E-state index contributed by atoms with van der Waals surface area (Å²) in [6.45, 7) is 2.71. The van der Waals surface area contributed by atoms with Crippen LogP contribution >= 0.6 is 11.6 Å². The molecule has 0 aromatic heterocycles. The highest BCUT2D eigenvalue weighted by atomic mass is 35.5. The van der Waals surface area contributed by atoms with Crippen LogP contribution in [0.1, 0.15) is 24.2 Å². The molecule has 4 heteroatoms. The zero-order valence-electron chi connectivity index (χ0n) is 12.3. The summed E-state index contributed by atoms with van der Waals surface area (Å²) in [6.07, 6.45) is -0.503. The van der Waals surface area contributed by atoms with Gasteiger partial charge in [0.1, 0.15) is 24.4 Å². The van der Waals surface area contributed by atoms with Crippen LogP contribution in [0.15, 0.2) is 48.5 Å². The first kappa shape index (κ1) is 15.8. The Kier molecular flexibility index (Phi) is 5.62. The van der Waals surface area contributed by atoms with Gasteiger partial charge >= 0.3 is 0 Å². The minimum absolute atomic E-state index is 0.0380. The van der Waals surface area contributed by atoms with Gasteiger partial charge in [0.05, 0.1) is 7.11 Å². The van der Waals surface area contributed by atoms with E-state index in [1.807, 2.05) is 55.5 Å². The Morgan fingerprint density at radius 1 is 1.19 bits per heavy atom. The summed E-state index contributed by atoms with van der Waals surface area (Å²) < 4.78 is 5.34. The quantitative estimate of drug-likeness (QED) is 0.861. The van der Waals surface area contributed by atoms with Crippen molar-refractivity contribution in [3.8, 4) is 5.75 Å². The fourth-order valence-electron chi connectivity index (χ4n) is 2.30. The monoisotopic (exact) mass is 306 g/mol. The van der Waals surface area contributed by atoms with Crippen molar-refractivity contribution < 1.29 is 15.2 Å². The van der Waals surface area contributed by atoms with Crippen LogP contribution in [0.3, 0.4) is 0 Å². The van der Waals surface area contributed by atoms with E-state index >= 15 is 0 Å². The van der Waals surface area contributed by atoms with Gasteiger partial charge in [0.15, 0.2) is 0 Å². The lowest BCUT2D eigenvalue weighted by Crippen LogP contribution is -2.89. The number of hydrogen-bond acceptors (Lipinski definition) is 2. The molecule has 0 spiro atoms.